The molecule has 2 saturated heterocycles. The van der Waals surface area contributed by atoms with Gasteiger partial charge in [0.25, 0.3) is 0 Å². The Morgan fingerprint density at radius 3 is 2.83 bits per heavy atom. The van der Waals surface area contributed by atoms with Gasteiger partial charge < -0.3 is 29.6 Å². The molecule has 0 spiro atoms. The van der Waals surface area contributed by atoms with Crippen LogP contribution in [0.5, 0.6) is 6.01 Å². The van der Waals surface area contributed by atoms with Gasteiger partial charge >= 0.3 is 6.01 Å². The number of carbonyl (C=O) groups excluding carboxylic acids is 1. The highest BCUT2D eigenvalue weighted by molar-refractivity contribution is 6.14. The maximum atomic E-state index is 15.2. The minimum absolute atomic E-state index is 0.160. The summed E-state index contributed by atoms with van der Waals surface area (Å²) in [6.07, 6.45) is 5.13. The fraction of sp³-hybridized carbons (Fsp3) is 0.355. The molecule has 42 heavy (non-hydrogen) atoms. The number of nitriles is 1. The lowest BCUT2D eigenvalue weighted by Crippen LogP contribution is -2.55. The summed E-state index contributed by atoms with van der Waals surface area (Å²) in [7, 11) is 2.08. The zero-order chi connectivity index (χ0) is 29.4. The van der Waals surface area contributed by atoms with Gasteiger partial charge in [0, 0.05) is 42.3 Å². The van der Waals surface area contributed by atoms with Crippen LogP contribution in [0.3, 0.4) is 0 Å². The molecule has 0 radical (unpaired) electrons. The molecule has 10 nitrogen and oxygen atoms in total. The Morgan fingerprint density at radius 2 is 2.10 bits per heavy atom. The van der Waals surface area contributed by atoms with Gasteiger partial charge in [-0.25, -0.2) is 4.39 Å². The van der Waals surface area contributed by atoms with E-state index < -0.39 is 5.82 Å². The number of aromatic nitrogens is 2. The van der Waals surface area contributed by atoms with E-state index in [1.807, 2.05) is 11.0 Å². The molecule has 2 N–H and O–H groups in total. The Bertz CT molecular complexity index is 1710. The van der Waals surface area contributed by atoms with Crippen LogP contribution < -0.4 is 15.4 Å². The number of hydrogen-bond donors (Lipinski definition) is 1. The number of hydrogen-bond acceptors (Lipinski definition) is 9. The third kappa shape index (κ3) is 4.99. The average molecular weight is 570 g/mol. The van der Waals surface area contributed by atoms with E-state index in [0.717, 1.165) is 19.4 Å². The lowest BCUT2D eigenvalue weighted by Gasteiger charge is -2.41. The van der Waals surface area contributed by atoms with Crippen LogP contribution in [0.4, 0.5) is 15.9 Å². The van der Waals surface area contributed by atoms with E-state index in [9.17, 15) is 10.1 Å². The molecule has 0 unspecified atom stereocenters. The number of likely N-dealkylation sites (tertiary alicyclic amines) is 1. The molecule has 216 valence electrons. The standard InChI is InChI=1S/C31H32FN7O3/c1-3-27(40)39-13-12-38(17-20(39)8-10-33)30-28-26(35-31(36-30)42-18-21-5-4-11-37(21)2)16-24(23-9-14-41-29(23)28)22-7-6-19(34)15-25(22)32/h3,6-7,9,14-16,20-21H,1,4-5,8,11-13,17-18,34H2,2H3/t20-,21-/m0/s1. The lowest BCUT2D eigenvalue weighted by molar-refractivity contribution is -0.128. The zero-order valence-corrected chi connectivity index (χ0v) is 23.4. The molecule has 2 aliphatic heterocycles. The number of fused-ring (bicyclic) bond motifs is 3. The number of anilines is 2. The second-order valence-electron chi connectivity index (χ2n) is 10.8. The van der Waals surface area contributed by atoms with Crippen LogP contribution in [0, 0.1) is 17.1 Å². The molecule has 6 rings (SSSR count). The van der Waals surface area contributed by atoms with E-state index in [4.69, 9.17) is 24.9 Å². The van der Waals surface area contributed by atoms with Crippen LogP contribution >= 0.6 is 0 Å². The van der Waals surface area contributed by atoms with Gasteiger partial charge in [-0.2, -0.15) is 15.2 Å². The molecule has 2 aromatic carbocycles. The van der Waals surface area contributed by atoms with Crippen LogP contribution in [-0.4, -0.2) is 77.6 Å². The fourth-order valence-electron chi connectivity index (χ4n) is 6.06. The first-order chi connectivity index (χ1) is 20.4. The Labute approximate surface area is 242 Å². The summed E-state index contributed by atoms with van der Waals surface area (Å²) in [5.41, 5.74) is 8.18. The molecule has 0 saturated carbocycles. The van der Waals surface area contributed by atoms with E-state index in [1.54, 1.807) is 29.4 Å². The first kappa shape index (κ1) is 27.5. The second kappa shape index (κ2) is 11.3. The number of halogens is 1. The highest BCUT2D eigenvalue weighted by Crippen LogP contribution is 2.41. The van der Waals surface area contributed by atoms with E-state index in [2.05, 4.69) is 24.6 Å². The molecule has 1 amide bonds. The Balaban J connectivity index is 1.49. The Hall–Kier alpha value is -4.69. The van der Waals surface area contributed by atoms with Crippen molar-refractivity contribution in [3.05, 3.63) is 55.1 Å². The van der Waals surface area contributed by atoms with Gasteiger partial charge in [-0.3, -0.25) is 4.79 Å². The number of nitrogens with zero attached hydrogens (tertiary/aromatic N) is 6. The zero-order valence-electron chi connectivity index (χ0n) is 23.4. The van der Waals surface area contributed by atoms with E-state index >= 15 is 4.39 Å². The molecule has 2 fully saturated rings. The Morgan fingerprint density at radius 1 is 1.24 bits per heavy atom. The number of likely N-dealkylation sites (N-methyl/N-ethyl adjacent to an activating group) is 1. The SMILES string of the molecule is C=CC(=O)N1CCN(c2nc(OC[C@@H]3CCCN3C)nc3cc(-c4ccc(N)cc4F)c4ccoc4c23)C[C@@H]1CC#N. The average Bonchev–Trinajstić information content (AvgIpc) is 3.64. The predicted octanol–water partition coefficient (Wildman–Crippen LogP) is 4.35. The van der Waals surface area contributed by atoms with Gasteiger partial charge in [-0.1, -0.05) is 6.58 Å². The van der Waals surface area contributed by atoms with Gasteiger partial charge in [0.2, 0.25) is 5.91 Å². The van der Waals surface area contributed by atoms with Crippen LogP contribution in [-0.2, 0) is 4.79 Å². The number of ether oxygens (including phenoxy) is 1. The third-order valence-electron chi connectivity index (χ3n) is 8.29. The molecular formula is C31H32FN7O3. The predicted molar refractivity (Wildman–Crippen MR) is 158 cm³/mol. The van der Waals surface area contributed by atoms with Crippen molar-refractivity contribution in [1.29, 1.82) is 5.26 Å². The highest BCUT2D eigenvalue weighted by atomic mass is 19.1. The van der Waals surface area contributed by atoms with Crippen molar-refractivity contribution in [2.75, 3.05) is 50.5 Å². The summed E-state index contributed by atoms with van der Waals surface area (Å²) in [5.74, 6) is -0.0855. The topological polar surface area (TPSA) is 125 Å². The van der Waals surface area contributed by atoms with Crippen molar-refractivity contribution in [3.8, 4) is 23.2 Å². The summed E-state index contributed by atoms with van der Waals surface area (Å²) < 4.78 is 27.3. The van der Waals surface area contributed by atoms with Gasteiger partial charge in [-0.15, -0.1) is 0 Å². The van der Waals surface area contributed by atoms with Crippen molar-refractivity contribution in [2.45, 2.75) is 31.3 Å². The van der Waals surface area contributed by atoms with Crippen LogP contribution in [0.2, 0.25) is 0 Å². The van der Waals surface area contributed by atoms with Crippen LogP contribution in [0.25, 0.3) is 33.0 Å². The molecular weight excluding hydrogens is 537 g/mol. The molecule has 0 aliphatic carbocycles. The maximum absolute atomic E-state index is 15.2. The smallest absolute Gasteiger partial charge is 0.319 e. The monoisotopic (exact) mass is 569 g/mol. The van der Waals surface area contributed by atoms with Crippen molar-refractivity contribution < 1.29 is 18.3 Å². The summed E-state index contributed by atoms with van der Waals surface area (Å²) in [6.45, 7) is 6.30. The summed E-state index contributed by atoms with van der Waals surface area (Å²) in [5, 5.41) is 10.9. The molecule has 0 bridgehead atoms. The molecule has 4 aromatic rings. The van der Waals surface area contributed by atoms with Crippen molar-refractivity contribution >= 4 is 39.3 Å². The van der Waals surface area contributed by atoms with Gasteiger partial charge in [0.05, 0.1) is 35.7 Å². The third-order valence-corrected chi connectivity index (χ3v) is 8.29. The largest absolute Gasteiger partial charge is 0.463 e. The minimum Gasteiger partial charge on any atom is -0.463 e. The molecule has 2 atom stereocenters. The number of nitrogen functional groups attached to an aromatic ring is 1. The summed E-state index contributed by atoms with van der Waals surface area (Å²) in [4.78, 5) is 28.2. The first-order valence-corrected chi connectivity index (χ1v) is 14.0. The minimum atomic E-state index is -0.450. The van der Waals surface area contributed by atoms with Crippen LogP contribution in [0.1, 0.15) is 19.3 Å². The molecule has 11 heteroatoms. The number of rotatable bonds is 7. The van der Waals surface area contributed by atoms with Gasteiger partial charge in [0.1, 0.15) is 23.8 Å². The van der Waals surface area contributed by atoms with Crippen molar-refractivity contribution in [3.63, 3.8) is 0 Å². The van der Waals surface area contributed by atoms with E-state index in [-0.39, 0.29) is 30.4 Å². The number of nitrogens with two attached hydrogens (primary N) is 1. The number of amides is 1. The first-order valence-electron chi connectivity index (χ1n) is 14.0. The second-order valence-corrected chi connectivity index (χ2v) is 10.8. The number of piperazine rings is 1. The van der Waals surface area contributed by atoms with E-state index in [1.165, 1.54) is 12.1 Å². The van der Waals surface area contributed by atoms with Crippen LogP contribution in [0.15, 0.2) is 53.7 Å². The highest BCUT2D eigenvalue weighted by Gasteiger charge is 2.32. The van der Waals surface area contributed by atoms with Crippen molar-refractivity contribution in [1.82, 2.24) is 19.8 Å². The van der Waals surface area contributed by atoms with Crippen molar-refractivity contribution in [2.24, 2.45) is 0 Å². The number of carbonyl (C=O) groups is 1. The number of furan rings is 1. The summed E-state index contributed by atoms with van der Waals surface area (Å²) in [6, 6.07) is 10.5. The summed E-state index contributed by atoms with van der Waals surface area (Å²) >= 11 is 0. The maximum Gasteiger partial charge on any atom is 0.319 e. The molecule has 2 aliphatic rings. The molecule has 4 heterocycles. The fourth-order valence-corrected chi connectivity index (χ4v) is 6.06. The Kier molecular flexibility index (Phi) is 7.39. The van der Waals surface area contributed by atoms with E-state index in [0.29, 0.717) is 70.7 Å². The number of benzene rings is 2. The van der Waals surface area contributed by atoms with Gasteiger partial charge in [-0.05, 0) is 68.4 Å². The normalized spacial score (nSPS) is 19.4. The quantitative estimate of drug-likeness (QED) is 0.255. The van der Waals surface area contributed by atoms with Gasteiger partial charge in [0.15, 0.2) is 0 Å². The molecule has 2 aromatic heterocycles. The lowest BCUT2D eigenvalue weighted by atomic mass is 9.98.